The first-order valence-electron chi connectivity index (χ1n) is 9.17. The predicted molar refractivity (Wildman–Crippen MR) is 94.7 cm³/mol. The van der Waals surface area contributed by atoms with Crippen molar-refractivity contribution >= 4 is 12.0 Å². The maximum absolute atomic E-state index is 12.3. The van der Waals surface area contributed by atoms with Crippen molar-refractivity contribution in [2.24, 2.45) is 5.73 Å². The Balaban J connectivity index is 1.58. The molecule has 3 N–H and O–H groups in total. The summed E-state index contributed by atoms with van der Waals surface area (Å²) >= 11 is 0. The highest BCUT2D eigenvalue weighted by atomic mass is 16.5. The topological polar surface area (TPSA) is 84.7 Å². The number of ether oxygens (including phenoxy) is 1. The van der Waals surface area contributed by atoms with Gasteiger partial charge in [-0.3, -0.25) is 4.79 Å². The largest absolute Gasteiger partial charge is 0.445 e. The minimum atomic E-state index is -0.420. The molecule has 0 saturated heterocycles. The Labute approximate surface area is 148 Å². The fourth-order valence-corrected chi connectivity index (χ4v) is 3.65. The van der Waals surface area contributed by atoms with E-state index in [1.165, 1.54) is 0 Å². The van der Waals surface area contributed by atoms with Crippen molar-refractivity contribution in [3.8, 4) is 0 Å². The van der Waals surface area contributed by atoms with Gasteiger partial charge in [-0.15, -0.1) is 0 Å². The SMILES string of the molecule is NCC(=O)N(C1CC1)[C@H]1CCCC[C@H]1NC(=O)OCc1ccccc1. The van der Waals surface area contributed by atoms with E-state index in [0.717, 1.165) is 44.1 Å². The molecule has 2 saturated carbocycles. The van der Waals surface area contributed by atoms with E-state index in [1.54, 1.807) is 0 Å². The van der Waals surface area contributed by atoms with Gasteiger partial charge in [0.2, 0.25) is 5.91 Å². The monoisotopic (exact) mass is 345 g/mol. The molecule has 136 valence electrons. The number of rotatable bonds is 6. The second-order valence-electron chi connectivity index (χ2n) is 6.90. The lowest BCUT2D eigenvalue weighted by Crippen LogP contribution is -2.56. The van der Waals surface area contributed by atoms with Crippen LogP contribution in [-0.2, 0) is 16.1 Å². The molecule has 0 aliphatic heterocycles. The normalized spacial score (nSPS) is 22.9. The Hall–Kier alpha value is -2.08. The van der Waals surface area contributed by atoms with E-state index in [1.807, 2.05) is 35.2 Å². The Kier molecular flexibility index (Phi) is 5.91. The Bertz CT molecular complexity index is 589. The molecule has 2 aliphatic carbocycles. The van der Waals surface area contributed by atoms with E-state index >= 15 is 0 Å². The lowest BCUT2D eigenvalue weighted by atomic mass is 9.89. The van der Waals surface area contributed by atoms with Crippen molar-refractivity contribution in [3.05, 3.63) is 35.9 Å². The molecule has 1 aromatic rings. The van der Waals surface area contributed by atoms with Gasteiger partial charge in [0.1, 0.15) is 6.61 Å². The van der Waals surface area contributed by atoms with Crippen LogP contribution >= 0.6 is 0 Å². The highest BCUT2D eigenvalue weighted by molar-refractivity contribution is 5.79. The number of carbonyl (C=O) groups is 2. The first-order valence-corrected chi connectivity index (χ1v) is 9.17. The van der Waals surface area contributed by atoms with Crippen molar-refractivity contribution < 1.29 is 14.3 Å². The first-order chi connectivity index (χ1) is 12.2. The van der Waals surface area contributed by atoms with E-state index in [2.05, 4.69) is 5.32 Å². The fraction of sp³-hybridized carbons (Fsp3) is 0.579. The van der Waals surface area contributed by atoms with Crippen LogP contribution in [0.3, 0.4) is 0 Å². The number of benzene rings is 1. The maximum Gasteiger partial charge on any atom is 0.407 e. The number of carbonyl (C=O) groups excluding carboxylic acids is 2. The summed E-state index contributed by atoms with van der Waals surface area (Å²) in [6, 6.07) is 9.87. The van der Waals surface area contributed by atoms with Gasteiger partial charge in [0.15, 0.2) is 0 Å². The molecule has 0 bridgehead atoms. The molecule has 0 unspecified atom stereocenters. The van der Waals surface area contributed by atoms with Crippen LogP contribution in [0.5, 0.6) is 0 Å². The number of nitrogens with zero attached hydrogens (tertiary/aromatic N) is 1. The van der Waals surface area contributed by atoms with Crippen molar-refractivity contribution in [2.75, 3.05) is 6.54 Å². The zero-order valence-electron chi connectivity index (χ0n) is 14.5. The number of nitrogens with two attached hydrogens (primary N) is 1. The Morgan fingerprint density at radius 1 is 1.12 bits per heavy atom. The maximum atomic E-state index is 12.3. The van der Waals surface area contributed by atoms with Gasteiger partial charge in [0, 0.05) is 6.04 Å². The Morgan fingerprint density at radius 3 is 2.52 bits per heavy atom. The highest BCUT2D eigenvalue weighted by Gasteiger charge is 2.41. The van der Waals surface area contributed by atoms with E-state index in [9.17, 15) is 9.59 Å². The van der Waals surface area contributed by atoms with E-state index in [0.29, 0.717) is 6.04 Å². The molecular weight excluding hydrogens is 318 g/mol. The summed E-state index contributed by atoms with van der Waals surface area (Å²) in [6.45, 7) is 0.274. The summed E-state index contributed by atoms with van der Waals surface area (Å²) in [5.74, 6) is -0.0150. The number of hydrogen-bond donors (Lipinski definition) is 2. The van der Waals surface area contributed by atoms with Crippen LogP contribution < -0.4 is 11.1 Å². The van der Waals surface area contributed by atoms with Gasteiger partial charge >= 0.3 is 6.09 Å². The van der Waals surface area contributed by atoms with Crippen molar-refractivity contribution in [3.63, 3.8) is 0 Å². The van der Waals surface area contributed by atoms with Crippen LogP contribution in [0, 0.1) is 0 Å². The van der Waals surface area contributed by atoms with Crippen molar-refractivity contribution in [1.82, 2.24) is 10.2 Å². The van der Waals surface area contributed by atoms with Crippen LogP contribution in [0.4, 0.5) is 4.79 Å². The lowest BCUT2D eigenvalue weighted by Gasteiger charge is -2.40. The van der Waals surface area contributed by atoms with Crippen LogP contribution in [-0.4, -0.2) is 41.6 Å². The average Bonchev–Trinajstić information content (AvgIpc) is 3.47. The quantitative estimate of drug-likeness (QED) is 0.827. The molecule has 0 spiro atoms. The minimum Gasteiger partial charge on any atom is -0.445 e. The van der Waals surface area contributed by atoms with E-state index in [-0.39, 0.29) is 31.1 Å². The van der Waals surface area contributed by atoms with Crippen LogP contribution in [0.2, 0.25) is 0 Å². The lowest BCUT2D eigenvalue weighted by molar-refractivity contribution is -0.134. The zero-order chi connectivity index (χ0) is 17.6. The van der Waals surface area contributed by atoms with Gasteiger partial charge < -0.3 is 20.7 Å². The fourth-order valence-electron chi connectivity index (χ4n) is 3.65. The van der Waals surface area contributed by atoms with Crippen LogP contribution in [0.25, 0.3) is 0 Å². The molecule has 1 aromatic carbocycles. The van der Waals surface area contributed by atoms with Gasteiger partial charge in [0.25, 0.3) is 0 Å². The molecule has 25 heavy (non-hydrogen) atoms. The van der Waals surface area contributed by atoms with Gasteiger partial charge in [-0.05, 0) is 31.2 Å². The molecule has 3 rings (SSSR count). The van der Waals surface area contributed by atoms with Crippen molar-refractivity contribution in [2.45, 2.75) is 63.3 Å². The van der Waals surface area contributed by atoms with Crippen molar-refractivity contribution in [1.29, 1.82) is 0 Å². The summed E-state index contributed by atoms with van der Waals surface area (Å²) in [5.41, 5.74) is 6.56. The van der Waals surface area contributed by atoms with Gasteiger partial charge in [0.05, 0.1) is 18.6 Å². The molecule has 2 aliphatic rings. The zero-order valence-corrected chi connectivity index (χ0v) is 14.5. The molecule has 2 atom stereocenters. The van der Waals surface area contributed by atoms with E-state index in [4.69, 9.17) is 10.5 Å². The van der Waals surface area contributed by atoms with Gasteiger partial charge in [-0.25, -0.2) is 4.79 Å². The molecule has 0 heterocycles. The van der Waals surface area contributed by atoms with Crippen LogP contribution in [0.15, 0.2) is 30.3 Å². The van der Waals surface area contributed by atoms with E-state index < -0.39 is 6.09 Å². The summed E-state index contributed by atoms with van der Waals surface area (Å²) in [7, 11) is 0. The van der Waals surface area contributed by atoms with Gasteiger partial charge in [-0.1, -0.05) is 43.2 Å². The Morgan fingerprint density at radius 2 is 1.84 bits per heavy atom. The molecule has 6 nitrogen and oxygen atoms in total. The summed E-state index contributed by atoms with van der Waals surface area (Å²) < 4.78 is 5.34. The first kappa shape index (κ1) is 17.7. The number of alkyl carbamates (subject to hydrolysis) is 1. The molecule has 2 fully saturated rings. The molecule has 6 heteroatoms. The smallest absolute Gasteiger partial charge is 0.407 e. The average molecular weight is 345 g/mol. The highest BCUT2D eigenvalue weighted by Crippen LogP contribution is 2.34. The minimum absolute atomic E-state index is 0.0150. The third kappa shape index (κ3) is 4.72. The molecule has 0 radical (unpaired) electrons. The molecule has 2 amide bonds. The van der Waals surface area contributed by atoms with Crippen LogP contribution in [0.1, 0.15) is 44.1 Å². The molecular formula is C19H27N3O3. The molecule has 0 aromatic heterocycles. The number of nitrogens with one attached hydrogen (secondary N) is 1. The second kappa shape index (κ2) is 8.34. The second-order valence-corrected chi connectivity index (χ2v) is 6.90. The number of hydrogen-bond acceptors (Lipinski definition) is 4. The third-order valence-electron chi connectivity index (χ3n) is 5.01. The predicted octanol–water partition coefficient (Wildman–Crippen LogP) is 2.17. The summed E-state index contributed by atoms with van der Waals surface area (Å²) in [5, 5.41) is 2.99. The summed E-state index contributed by atoms with van der Waals surface area (Å²) in [6.07, 6.45) is 5.55. The third-order valence-corrected chi connectivity index (χ3v) is 5.01. The summed E-state index contributed by atoms with van der Waals surface area (Å²) in [4.78, 5) is 26.4. The van der Waals surface area contributed by atoms with Gasteiger partial charge in [-0.2, -0.15) is 0 Å². The standard InChI is InChI=1S/C19H27N3O3/c20-12-18(23)22(15-10-11-15)17-9-5-4-8-16(17)21-19(24)25-13-14-6-2-1-3-7-14/h1-3,6-7,15-17H,4-5,8-13,20H2,(H,21,24)/t16-,17+/m1/s1. The number of amides is 2.